The second-order valence-corrected chi connectivity index (χ2v) is 4.15. The monoisotopic (exact) mass is 209 g/mol. The van der Waals surface area contributed by atoms with Crippen molar-refractivity contribution in [2.75, 3.05) is 13.2 Å². The summed E-state index contributed by atoms with van der Waals surface area (Å²) in [4.78, 5) is 0. The van der Waals surface area contributed by atoms with Gasteiger partial charge in [0.25, 0.3) is 0 Å². The first-order valence-electron chi connectivity index (χ1n) is 5.68. The SMILES string of the molecule is Cn1ncc2c1CCCC2NCCCO. The lowest BCUT2D eigenvalue weighted by Crippen LogP contribution is -2.26. The maximum atomic E-state index is 8.74. The molecule has 1 atom stereocenters. The summed E-state index contributed by atoms with van der Waals surface area (Å²) in [5.74, 6) is 0. The van der Waals surface area contributed by atoms with Gasteiger partial charge >= 0.3 is 0 Å². The Hall–Kier alpha value is -0.870. The van der Waals surface area contributed by atoms with Crippen molar-refractivity contribution in [3.05, 3.63) is 17.5 Å². The molecule has 4 heteroatoms. The molecule has 1 aromatic rings. The van der Waals surface area contributed by atoms with Crippen LogP contribution in [0.1, 0.15) is 36.6 Å². The molecule has 0 bridgehead atoms. The van der Waals surface area contributed by atoms with E-state index >= 15 is 0 Å². The Morgan fingerprint density at radius 3 is 3.33 bits per heavy atom. The molecule has 2 N–H and O–H groups in total. The molecule has 0 saturated carbocycles. The Bertz CT molecular complexity index is 322. The molecule has 1 heterocycles. The molecule has 0 amide bonds. The van der Waals surface area contributed by atoms with Gasteiger partial charge in [-0.2, -0.15) is 5.10 Å². The van der Waals surface area contributed by atoms with Crippen LogP contribution < -0.4 is 5.32 Å². The topological polar surface area (TPSA) is 50.1 Å². The van der Waals surface area contributed by atoms with Crippen molar-refractivity contribution in [3.8, 4) is 0 Å². The molecule has 0 radical (unpaired) electrons. The molecule has 2 rings (SSSR count). The minimum Gasteiger partial charge on any atom is -0.396 e. The molecular formula is C11H19N3O. The molecule has 0 aliphatic heterocycles. The number of aliphatic hydroxyl groups is 1. The standard InChI is InChI=1S/C11H19N3O/c1-14-11-5-2-4-10(9(11)8-13-14)12-6-3-7-15/h8,10,12,15H,2-7H2,1H3. The molecule has 0 aromatic carbocycles. The molecule has 0 fully saturated rings. The number of nitrogens with one attached hydrogen (secondary N) is 1. The van der Waals surface area contributed by atoms with Gasteiger partial charge in [-0.1, -0.05) is 0 Å². The van der Waals surface area contributed by atoms with Gasteiger partial charge in [-0.05, 0) is 32.2 Å². The van der Waals surface area contributed by atoms with Gasteiger partial charge in [0.1, 0.15) is 0 Å². The van der Waals surface area contributed by atoms with E-state index in [0.717, 1.165) is 19.4 Å². The first-order chi connectivity index (χ1) is 7.33. The number of aryl methyl sites for hydroxylation is 1. The number of fused-ring (bicyclic) bond motifs is 1. The zero-order valence-corrected chi connectivity index (χ0v) is 9.24. The minimum absolute atomic E-state index is 0.264. The van der Waals surface area contributed by atoms with Crippen LogP contribution in [0.4, 0.5) is 0 Å². The van der Waals surface area contributed by atoms with Crippen molar-refractivity contribution in [2.45, 2.75) is 31.7 Å². The van der Waals surface area contributed by atoms with Crippen LogP contribution in [0.25, 0.3) is 0 Å². The van der Waals surface area contributed by atoms with Crippen LogP contribution in [0.5, 0.6) is 0 Å². The highest BCUT2D eigenvalue weighted by Crippen LogP contribution is 2.28. The Kier molecular flexibility index (Phi) is 3.38. The lowest BCUT2D eigenvalue weighted by molar-refractivity contribution is 0.281. The number of nitrogens with zero attached hydrogens (tertiary/aromatic N) is 2. The summed E-state index contributed by atoms with van der Waals surface area (Å²) in [6.45, 7) is 1.15. The van der Waals surface area contributed by atoms with Crippen LogP contribution in [0.2, 0.25) is 0 Å². The van der Waals surface area contributed by atoms with Gasteiger partial charge in [0, 0.05) is 31.0 Å². The van der Waals surface area contributed by atoms with Crippen molar-refractivity contribution in [2.24, 2.45) is 7.05 Å². The molecule has 0 spiro atoms. The van der Waals surface area contributed by atoms with E-state index < -0.39 is 0 Å². The fourth-order valence-electron chi connectivity index (χ4n) is 2.27. The Morgan fingerprint density at radius 1 is 1.67 bits per heavy atom. The van der Waals surface area contributed by atoms with E-state index in [0.29, 0.717) is 6.04 Å². The van der Waals surface area contributed by atoms with Crippen LogP contribution in [-0.4, -0.2) is 28.0 Å². The highest BCUT2D eigenvalue weighted by atomic mass is 16.3. The number of hydrogen-bond acceptors (Lipinski definition) is 3. The average molecular weight is 209 g/mol. The maximum absolute atomic E-state index is 8.74. The Balaban J connectivity index is 2.02. The summed E-state index contributed by atoms with van der Waals surface area (Å²) in [6, 6.07) is 0.439. The molecule has 0 saturated heterocycles. The maximum Gasteiger partial charge on any atom is 0.0540 e. The zero-order valence-electron chi connectivity index (χ0n) is 9.24. The van der Waals surface area contributed by atoms with Crippen molar-refractivity contribution in [1.82, 2.24) is 15.1 Å². The van der Waals surface area contributed by atoms with Gasteiger partial charge in [-0.25, -0.2) is 0 Å². The Labute approximate surface area is 90.3 Å². The normalized spacial score (nSPS) is 20.3. The van der Waals surface area contributed by atoms with E-state index in [1.807, 2.05) is 17.9 Å². The zero-order chi connectivity index (χ0) is 10.7. The highest BCUT2D eigenvalue weighted by molar-refractivity contribution is 5.24. The molecule has 1 aliphatic rings. The largest absolute Gasteiger partial charge is 0.396 e. The van der Waals surface area contributed by atoms with Gasteiger partial charge in [-0.3, -0.25) is 4.68 Å². The van der Waals surface area contributed by atoms with E-state index in [2.05, 4.69) is 10.4 Å². The van der Waals surface area contributed by atoms with Crippen molar-refractivity contribution in [1.29, 1.82) is 0 Å². The number of aromatic nitrogens is 2. The molecule has 1 aliphatic carbocycles. The van der Waals surface area contributed by atoms with E-state index in [9.17, 15) is 0 Å². The summed E-state index contributed by atoms with van der Waals surface area (Å²) < 4.78 is 1.98. The van der Waals surface area contributed by atoms with Crippen molar-refractivity contribution < 1.29 is 5.11 Å². The molecule has 1 unspecified atom stereocenters. The number of hydrogen-bond donors (Lipinski definition) is 2. The third kappa shape index (κ3) is 2.21. The van der Waals surface area contributed by atoms with Gasteiger partial charge in [0.15, 0.2) is 0 Å². The lowest BCUT2D eigenvalue weighted by atomic mass is 9.93. The van der Waals surface area contributed by atoms with Crippen LogP contribution in [0.3, 0.4) is 0 Å². The lowest BCUT2D eigenvalue weighted by Gasteiger charge is -2.23. The number of rotatable bonds is 4. The second-order valence-electron chi connectivity index (χ2n) is 4.15. The van der Waals surface area contributed by atoms with Crippen LogP contribution in [-0.2, 0) is 13.5 Å². The predicted octanol–water partition coefficient (Wildman–Crippen LogP) is 0.769. The summed E-state index contributed by atoms with van der Waals surface area (Å²) in [5, 5.41) is 16.5. The average Bonchev–Trinajstić information content (AvgIpc) is 2.62. The fraction of sp³-hybridized carbons (Fsp3) is 0.727. The summed E-state index contributed by atoms with van der Waals surface area (Å²) in [6.07, 6.45) is 6.36. The molecular weight excluding hydrogens is 190 g/mol. The molecule has 4 nitrogen and oxygen atoms in total. The van der Waals surface area contributed by atoms with Gasteiger partial charge < -0.3 is 10.4 Å². The quantitative estimate of drug-likeness (QED) is 0.720. The van der Waals surface area contributed by atoms with Crippen LogP contribution in [0.15, 0.2) is 6.20 Å². The van der Waals surface area contributed by atoms with E-state index in [-0.39, 0.29) is 6.61 Å². The van der Waals surface area contributed by atoms with Gasteiger partial charge in [0.05, 0.1) is 6.20 Å². The first kappa shape index (κ1) is 10.6. The Morgan fingerprint density at radius 2 is 2.53 bits per heavy atom. The van der Waals surface area contributed by atoms with Crippen molar-refractivity contribution in [3.63, 3.8) is 0 Å². The van der Waals surface area contributed by atoms with Crippen LogP contribution >= 0.6 is 0 Å². The first-order valence-corrected chi connectivity index (χ1v) is 5.68. The van der Waals surface area contributed by atoms with E-state index in [1.165, 1.54) is 24.1 Å². The molecule has 84 valence electrons. The highest BCUT2D eigenvalue weighted by Gasteiger charge is 2.22. The predicted molar refractivity (Wildman–Crippen MR) is 58.6 cm³/mol. The van der Waals surface area contributed by atoms with Gasteiger partial charge in [-0.15, -0.1) is 0 Å². The third-order valence-corrected chi connectivity index (χ3v) is 3.10. The number of aliphatic hydroxyl groups excluding tert-OH is 1. The van der Waals surface area contributed by atoms with E-state index in [4.69, 9.17) is 5.11 Å². The van der Waals surface area contributed by atoms with Crippen molar-refractivity contribution >= 4 is 0 Å². The summed E-state index contributed by atoms with van der Waals surface area (Å²) in [7, 11) is 2.01. The smallest absolute Gasteiger partial charge is 0.0540 e. The van der Waals surface area contributed by atoms with E-state index in [1.54, 1.807) is 0 Å². The molecule has 1 aromatic heterocycles. The summed E-state index contributed by atoms with van der Waals surface area (Å²) >= 11 is 0. The second kappa shape index (κ2) is 4.77. The van der Waals surface area contributed by atoms with Gasteiger partial charge in [0.2, 0.25) is 0 Å². The van der Waals surface area contributed by atoms with Crippen LogP contribution in [0, 0.1) is 0 Å². The summed E-state index contributed by atoms with van der Waals surface area (Å²) in [5.41, 5.74) is 2.71. The third-order valence-electron chi connectivity index (χ3n) is 3.10. The fourth-order valence-corrected chi connectivity index (χ4v) is 2.27. The minimum atomic E-state index is 0.264. The molecule has 15 heavy (non-hydrogen) atoms.